The zero-order valence-corrected chi connectivity index (χ0v) is 12.5. The molecule has 0 bridgehead atoms. The van der Waals surface area contributed by atoms with Crippen molar-refractivity contribution in [2.75, 3.05) is 0 Å². The zero-order chi connectivity index (χ0) is 12.3. The van der Waals surface area contributed by atoms with E-state index in [0.717, 1.165) is 16.6 Å². The molecule has 0 aliphatic heterocycles. The topological polar surface area (TPSA) is 0 Å². The molecule has 0 unspecified atom stereocenters. The van der Waals surface area contributed by atoms with Gasteiger partial charge in [-0.1, -0.05) is 71.0 Å². The Morgan fingerprint density at radius 1 is 0.875 bits per heavy atom. The van der Waals surface area contributed by atoms with E-state index in [-0.39, 0.29) is 0 Å². The number of hydrogen-bond donors (Lipinski definition) is 0. The van der Waals surface area contributed by atoms with Gasteiger partial charge in [0.05, 0.1) is 8.07 Å². The summed E-state index contributed by atoms with van der Waals surface area (Å²) in [5.41, 5.74) is 2.31. The van der Waals surface area contributed by atoms with E-state index in [9.17, 15) is 0 Å². The standard InChI is InChI=1S/C15H25Si/c1-12(2)16(13(3)4,14(5)6)15-10-8-7-9-11-15/h7-10,12-14H,1-6H3. The third kappa shape index (κ3) is 2.10. The molecular formula is C15H25Si. The quantitative estimate of drug-likeness (QED) is 0.677. The first-order valence-corrected chi connectivity index (χ1v) is 8.64. The van der Waals surface area contributed by atoms with Crippen molar-refractivity contribution in [2.24, 2.45) is 0 Å². The van der Waals surface area contributed by atoms with Crippen LogP contribution in [0.1, 0.15) is 41.5 Å². The van der Waals surface area contributed by atoms with Crippen LogP contribution in [0, 0.1) is 6.07 Å². The van der Waals surface area contributed by atoms with Gasteiger partial charge in [0.15, 0.2) is 0 Å². The summed E-state index contributed by atoms with van der Waals surface area (Å²) in [4.78, 5) is 0. The summed E-state index contributed by atoms with van der Waals surface area (Å²) in [5, 5.41) is 1.51. The molecule has 89 valence electrons. The SMILES string of the molecule is CC(C)[Si](c1[c]cccc1)(C(C)C)C(C)C. The molecule has 1 radical (unpaired) electrons. The maximum absolute atomic E-state index is 3.52. The predicted octanol–water partition coefficient (Wildman–Crippen LogP) is 4.37. The van der Waals surface area contributed by atoms with Gasteiger partial charge in [0.25, 0.3) is 0 Å². The van der Waals surface area contributed by atoms with Gasteiger partial charge in [-0.25, -0.2) is 0 Å². The van der Waals surface area contributed by atoms with E-state index < -0.39 is 8.07 Å². The molecule has 0 atom stereocenters. The molecule has 0 amide bonds. The summed E-state index contributed by atoms with van der Waals surface area (Å²) in [6.45, 7) is 14.4. The summed E-state index contributed by atoms with van der Waals surface area (Å²) in [6.07, 6.45) is 0. The molecule has 0 saturated heterocycles. The minimum atomic E-state index is -1.46. The van der Waals surface area contributed by atoms with Crippen molar-refractivity contribution in [3.63, 3.8) is 0 Å². The van der Waals surface area contributed by atoms with E-state index in [1.807, 2.05) is 0 Å². The van der Waals surface area contributed by atoms with Crippen LogP contribution in [0.4, 0.5) is 0 Å². The van der Waals surface area contributed by atoms with Crippen LogP contribution in [0.25, 0.3) is 0 Å². The van der Waals surface area contributed by atoms with E-state index in [4.69, 9.17) is 0 Å². The molecule has 0 heterocycles. The molecule has 0 fully saturated rings. The summed E-state index contributed by atoms with van der Waals surface area (Å²) >= 11 is 0. The highest BCUT2D eigenvalue weighted by atomic mass is 28.3. The molecule has 1 rings (SSSR count). The van der Waals surface area contributed by atoms with Gasteiger partial charge in [-0.2, -0.15) is 0 Å². The zero-order valence-electron chi connectivity index (χ0n) is 11.5. The van der Waals surface area contributed by atoms with Crippen molar-refractivity contribution in [3.8, 4) is 0 Å². The Morgan fingerprint density at radius 2 is 1.38 bits per heavy atom. The van der Waals surface area contributed by atoms with Gasteiger partial charge in [0.2, 0.25) is 0 Å². The van der Waals surface area contributed by atoms with Crippen LogP contribution in [0.2, 0.25) is 16.6 Å². The largest absolute Gasteiger partial charge is 0.0950 e. The molecule has 0 saturated carbocycles. The van der Waals surface area contributed by atoms with Crippen molar-refractivity contribution in [1.29, 1.82) is 0 Å². The molecule has 1 aromatic carbocycles. The smallest absolute Gasteiger partial charge is 0.0648 e. The lowest BCUT2D eigenvalue weighted by molar-refractivity contribution is 0.835. The Hall–Kier alpha value is -0.563. The van der Waals surface area contributed by atoms with Crippen LogP contribution in [-0.2, 0) is 0 Å². The molecule has 0 N–H and O–H groups in total. The number of rotatable bonds is 4. The maximum atomic E-state index is 3.52. The van der Waals surface area contributed by atoms with Gasteiger partial charge in [-0.05, 0) is 22.7 Å². The predicted molar refractivity (Wildman–Crippen MR) is 76.0 cm³/mol. The lowest BCUT2D eigenvalue weighted by Gasteiger charge is -2.43. The van der Waals surface area contributed by atoms with Gasteiger partial charge in [-0.3, -0.25) is 0 Å². The van der Waals surface area contributed by atoms with Crippen LogP contribution in [0.15, 0.2) is 24.3 Å². The molecule has 0 aliphatic rings. The maximum Gasteiger partial charge on any atom is 0.0950 e. The lowest BCUT2D eigenvalue weighted by atomic mass is 10.4. The average Bonchev–Trinajstić information content (AvgIpc) is 2.18. The van der Waals surface area contributed by atoms with Gasteiger partial charge >= 0.3 is 0 Å². The fourth-order valence-electron chi connectivity index (χ4n) is 3.60. The van der Waals surface area contributed by atoms with Crippen molar-refractivity contribution in [3.05, 3.63) is 30.3 Å². The van der Waals surface area contributed by atoms with Gasteiger partial charge in [0.1, 0.15) is 0 Å². The minimum absolute atomic E-state index is 0.770. The van der Waals surface area contributed by atoms with E-state index in [0.29, 0.717) is 0 Å². The molecule has 1 aromatic rings. The second-order valence-corrected chi connectivity index (χ2v) is 11.5. The molecule has 0 nitrogen and oxygen atoms in total. The van der Waals surface area contributed by atoms with Crippen LogP contribution in [0.5, 0.6) is 0 Å². The summed E-state index contributed by atoms with van der Waals surface area (Å²) in [6, 6.07) is 12.1. The second kappa shape index (κ2) is 5.18. The van der Waals surface area contributed by atoms with Crippen molar-refractivity contribution in [1.82, 2.24) is 0 Å². The van der Waals surface area contributed by atoms with Crippen LogP contribution < -0.4 is 5.19 Å². The second-order valence-electron chi connectivity index (χ2n) is 5.67. The summed E-state index contributed by atoms with van der Waals surface area (Å²) in [7, 11) is -1.46. The molecule has 0 aliphatic carbocycles. The Labute approximate surface area is 102 Å². The first-order chi connectivity index (χ1) is 7.44. The molecular weight excluding hydrogens is 208 g/mol. The van der Waals surface area contributed by atoms with Crippen molar-refractivity contribution < 1.29 is 0 Å². The van der Waals surface area contributed by atoms with Gasteiger partial charge < -0.3 is 0 Å². The fourth-order valence-corrected chi connectivity index (χ4v) is 10.2. The number of benzene rings is 1. The lowest BCUT2D eigenvalue weighted by Crippen LogP contribution is -2.55. The van der Waals surface area contributed by atoms with Gasteiger partial charge in [0, 0.05) is 0 Å². The minimum Gasteiger partial charge on any atom is -0.0648 e. The van der Waals surface area contributed by atoms with Crippen LogP contribution in [-0.4, -0.2) is 8.07 Å². The first-order valence-electron chi connectivity index (χ1n) is 6.41. The molecule has 1 heteroatoms. The van der Waals surface area contributed by atoms with Crippen molar-refractivity contribution >= 4 is 13.3 Å². The Balaban J connectivity index is 3.34. The Morgan fingerprint density at radius 3 is 1.69 bits per heavy atom. The van der Waals surface area contributed by atoms with Crippen LogP contribution in [0.3, 0.4) is 0 Å². The van der Waals surface area contributed by atoms with Gasteiger partial charge in [-0.15, -0.1) is 0 Å². The van der Waals surface area contributed by atoms with E-state index >= 15 is 0 Å². The molecule has 0 spiro atoms. The van der Waals surface area contributed by atoms with E-state index in [1.54, 1.807) is 0 Å². The third-order valence-corrected chi connectivity index (χ3v) is 11.0. The first kappa shape index (κ1) is 13.5. The summed E-state index contributed by atoms with van der Waals surface area (Å²) < 4.78 is 0. The fraction of sp³-hybridized carbons (Fsp3) is 0.600. The highest BCUT2D eigenvalue weighted by molar-refractivity contribution is 6.94. The molecule has 0 aromatic heterocycles. The highest BCUT2D eigenvalue weighted by Crippen LogP contribution is 2.40. The van der Waals surface area contributed by atoms with Crippen molar-refractivity contribution in [2.45, 2.75) is 58.2 Å². The third-order valence-electron chi connectivity index (χ3n) is 4.04. The Bertz CT molecular complexity index is 290. The highest BCUT2D eigenvalue weighted by Gasteiger charge is 2.44. The average molecular weight is 233 g/mol. The van der Waals surface area contributed by atoms with E-state index in [1.165, 1.54) is 5.19 Å². The Kier molecular flexibility index (Phi) is 4.37. The van der Waals surface area contributed by atoms with E-state index in [2.05, 4.69) is 71.9 Å². The normalized spacial score (nSPS) is 12.8. The monoisotopic (exact) mass is 233 g/mol. The van der Waals surface area contributed by atoms with Crippen LogP contribution >= 0.6 is 0 Å². The molecule has 16 heavy (non-hydrogen) atoms. The summed E-state index contributed by atoms with van der Waals surface area (Å²) in [5.74, 6) is 0. The number of hydrogen-bond acceptors (Lipinski definition) is 0.